The average molecular weight is 742 g/mol. The number of aliphatic carboxylic acids is 1. The van der Waals surface area contributed by atoms with Crippen LogP contribution in [0.5, 0.6) is 0 Å². The molecule has 0 spiro atoms. The topological polar surface area (TPSA) is 101 Å². The Hall–Kier alpha value is -4.54. The minimum atomic E-state index is -4.83. The van der Waals surface area contributed by atoms with Crippen LogP contribution in [-0.2, 0) is 26.9 Å². The molecule has 2 saturated heterocycles. The molecular formula is C40H44F5N3O5. The number of fused-ring (bicyclic) bond motifs is 2. The molecule has 3 aromatic rings. The fraction of sp³-hybridized carbons (Fsp3) is 0.475. The Bertz CT molecular complexity index is 1960. The van der Waals surface area contributed by atoms with E-state index in [-0.39, 0.29) is 47.5 Å². The number of carboxylic acids is 1. The van der Waals surface area contributed by atoms with E-state index >= 15 is 4.39 Å². The molecule has 53 heavy (non-hydrogen) atoms. The lowest BCUT2D eigenvalue weighted by molar-refractivity contribution is -0.139. The van der Waals surface area contributed by atoms with Crippen LogP contribution in [0.25, 0.3) is 11.1 Å². The highest BCUT2D eigenvalue weighted by molar-refractivity contribution is 5.82. The molecule has 0 radical (unpaired) electrons. The van der Waals surface area contributed by atoms with Gasteiger partial charge in [0.25, 0.3) is 5.56 Å². The maximum atomic E-state index is 15.9. The van der Waals surface area contributed by atoms with Crippen LogP contribution < -0.4 is 10.9 Å². The number of nitrogens with one attached hydrogen (secondary N) is 1. The molecular weight excluding hydrogens is 697 g/mol. The molecule has 284 valence electrons. The first-order valence-corrected chi connectivity index (χ1v) is 17.7. The molecule has 3 heterocycles. The van der Waals surface area contributed by atoms with Crippen molar-refractivity contribution >= 4 is 11.9 Å². The summed E-state index contributed by atoms with van der Waals surface area (Å²) in [5.41, 5.74) is -0.223. The van der Waals surface area contributed by atoms with Crippen molar-refractivity contribution in [2.45, 2.75) is 97.1 Å². The highest BCUT2D eigenvalue weighted by Crippen LogP contribution is 2.37. The van der Waals surface area contributed by atoms with E-state index in [1.807, 2.05) is 0 Å². The summed E-state index contributed by atoms with van der Waals surface area (Å²) in [7, 11) is 0. The quantitative estimate of drug-likeness (QED) is 0.152. The zero-order chi connectivity index (χ0) is 38.8. The molecule has 2 aromatic carbocycles. The van der Waals surface area contributed by atoms with Gasteiger partial charge in [-0.2, -0.15) is 13.2 Å². The number of pyridine rings is 1. The van der Waals surface area contributed by atoms with Crippen LogP contribution in [-0.4, -0.2) is 58.3 Å². The van der Waals surface area contributed by atoms with Crippen molar-refractivity contribution in [3.8, 4) is 23.0 Å². The zero-order valence-corrected chi connectivity index (χ0v) is 30.4. The van der Waals surface area contributed by atoms with Crippen LogP contribution in [0.4, 0.5) is 22.0 Å². The summed E-state index contributed by atoms with van der Waals surface area (Å²) in [6, 6.07) is 3.02. The normalized spacial score (nSPS) is 18.4. The Morgan fingerprint density at radius 1 is 1.04 bits per heavy atom. The van der Waals surface area contributed by atoms with Crippen molar-refractivity contribution in [3.05, 3.63) is 91.9 Å². The number of carbonyl (C=O) groups excluding carboxylic acids is 1. The summed E-state index contributed by atoms with van der Waals surface area (Å²) >= 11 is 0. The number of aromatic nitrogens is 1. The Morgan fingerprint density at radius 3 is 2.25 bits per heavy atom. The van der Waals surface area contributed by atoms with Crippen LogP contribution in [0.1, 0.15) is 91.9 Å². The number of hydrogen-bond acceptors (Lipinski definition) is 5. The zero-order valence-electron chi connectivity index (χ0n) is 30.4. The van der Waals surface area contributed by atoms with E-state index in [0.717, 1.165) is 29.7 Å². The van der Waals surface area contributed by atoms with Gasteiger partial charge in [0, 0.05) is 42.0 Å². The lowest BCUT2D eigenvalue weighted by Crippen LogP contribution is -2.46. The number of ether oxygens (including phenoxy) is 1. The number of carboxylic acid groups (broad SMARTS) is 1. The predicted octanol–water partition coefficient (Wildman–Crippen LogP) is 7.13. The van der Waals surface area contributed by atoms with Gasteiger partial charge in [0.2, 0.25) is 5.91 Å². The lowest BCUT2D eigenvalue weighted by Gasteiger charge is -2.34. The largest absolute Gasteiger partial charge is 0.481 e. The smallest absolute Gasteiger partial charge is 0.416 e. The van der Waals surface area contributed by atoms with E-state index in [2.05, 4.69) is 22.1 Å². The fourth-order valence-corrected chi connectivity index (χ4v) is 7.74. The van der Waals surface area contributed by atoms with Crippen LogP contribution in [0, 0.1) is 43.2 Å². The summed E-state index contributed by atoms with van der Waals surface area (Å²) in [5.74, 6) is 1.78. The number of amides is 1. The average Bonchev–Trinajstić information content (AvgIpc) is 3.26. The fourth-order valence-electron chi connectivity index (χ4n) is 7.74. The van der Waals surface area contributed by atoms with Gasteiger partial charge in [-0.15, -0.1) is 5.92 Å². The van der Waals surface area contributed by atoms with E-state index in [9.17, 15) is 37.1 Å². The predicted molar refractivity (Wildman–Crippen MR) is 189 cm³/mol. The van der Waals surface area contributed by atoms with Crippen molar-refractivity contribution in [1.82, 2.24) is 14.8 Å². The summed E-state index contributed by atoms with van der Waals surface area (Å²) in [6.07, 6.45) is -2.77. The third-order valence-corrected chi connectivity index (χ3v) is 10.1. The number of aryl methyl sites for hydroxylation is 2. The van der Waals surface area contributed by atoms with Gasteiger partial charge >= 0.3 is 12.1 Å². The first-order valence-electron chi connectivity index (χ1n) is 17.7. The van der Waals surface area contributed by atoms with Crippen molar-refractivity contribution in [2.75, 3.05) is 19.8 Å². The maximum absolute atomic E-state index is 15.9. The van der Waals surface area contributed by atoms with E-state index in [4.69, 9.17) is 4.74 Å². The van der Waals surface area contributed by atoms with Crippen LogP contribution in [0.2, 0.25) is 0 Å². The molecule has 1 aromatic heterocycles. The Kier molecular flexibility index (Phi) is 12.1. The summed E-state index contributed by atoms with van der Waals surface area (Å²) in [4.78, 5) is 41.9. The molecule has 2 fully saturated rings. The number of carbonyl (C=O) groups is 2. The second kappa shape index (κ2) is 16.2. The summed E-state index contributed by atoms with van der Waals surface area (Å²) in [6.45, 7) is 9.74. The number of benzene rings is 2. The number of halogens is 5. The Morgan fingerprint density at radius 2 is 1.68 bits per heavy atom. The minimum Gasteiger partial charge on any atom is -0.481 e. The molecule has 5 rings (SSSR count). The van der Waals surface area contributed by atoms with Gasteiger partial charge in [-0.3, -0.25) is 19.3 Å². The van der Waals surface area contributed by atoms with Crippen LogP contribution >= 0.6 is 0 Å². The van der Waals surface area contributed by atoms with Gasteiger partial charge in [0.1, 0.15) is 17.7 Å². The van der Waals surface area contributed by atoms with E-state index in [1.54, 1.807) is 34.6 Å². The molecule has 0 aliphatic carbocycles. The van der Waals surface area contributed by atoms with Crippen molar-refractivity contribution in [3.63, 3.8) is 0 Å². The van der Waals surface area contributed by atoms with Crippen LogP contribution in [0.15, 0.2) is 41.3 Å². The molecule has 2 aliphatic heterocycles. The lowest BCUT2D eigenvalue weighted by atomic mass is 9.88. The summed E-state index contributed by atoms with van der Waals surface area (Å²) < 4.78 is 79.7. The van der Waals surface area contributed by atoms with Crippen LogP contribution in [0.3, 0.4) is 0 Å². The van der Waals surface area contributed by atoms with Crippen molar-refractivity contribution in [2.24, 2.45) is 5.92 Å². The van der Waals surface area contributed by atoms with Gasteiger partial charge < -0.3 is 19.7 Å². The molecule has 2 bridgehead atoms. The Balaban J connectivity index is 1.55. The van der Waals surface area contributed by atoms with Gasteiger partial charge in [-0.25, -0.2) is 8.78 Å². The van der Waals surface area contributed by atoms with Gasteiger partial charge in [-0.05, 0) is 104 Å². The third kappa shape index (κ3) is 8.99. The number of morpholine rings is 1. The molecule has 4 atom stereocenters. The monoisotopic (exact) mass is 741 g/mol. The molecule has 8 nitrogen and oxygen atoms in total. The molecule has 13 heteroatoms. The standard InChI is InChI=1S/C40H44F5N3O5/c1-6-7-25-15-33(42)31(16-30(25)38-23(4)13-27(41)14-24(38)5)34(18-37(50)51)46-39(52)35(12-22(2)3)48-19-26(32(17-36(48)49)40(43,44)45)10-11-47-28-8-9-29(47)21-53-20-28/h13-17,19,22,28-29,34-35H,8-12,18,20-21H2,1-5H3,(H,46,52)(H,50,51). The van der Waals surface area contributed by atoms with E-state index < -0.39 is 59.3 Å². The second-order valence-electron chi connectivity index (χ2n) is 14.4. The maximum Gasteiger partial charge on any atom is 0.416 e. The van der Waals surface area contributed by atoms with E-state index in [1.165, 1.54) is 18.2 Å². The molecule has 4 unspecified atom stereocenters. The number of hydrogen-bond donors (Lipinski definition) is 2. The van der Waals surface area contributed by atoms with Gasteiger partial charge in [0.05, 0.1) is 31.2 Å². The SMILES string of the molecule is CC#Cc1cc(F)c(C(CC(=O)O)NC(=O)C(CC(C)C)n2cc(CCN3C4CCC3COC4)c(C(F)(F)F)cc2=O)cc1-c1c(C)cc(F)cc1C. The molecule has 1 amide bonds. The summed E-state index contributed by atoms with van der Waals surface area (Å²) in [5, 5.41) is 12.5. The highest BCUT2D eigenvalue weighted by Gasteiger charge is 2.39. The number of nitrogens with zero attached hydrogens (tertiary/aromatic N) is 2. The first kappa shape index (κ1) is 39.7. The molecule has 2 aliphatic rings. The van der Waals surface area contributed by atoms with Crippen molar-refractivity contribution < 1.29 is 41.4 Å². The van der Waals surface area contributed by atoms with Gasteiger partial charge in [-0.1, -0.05) is 19.8 Å². The van der Waals surface area contributed by atoms with Gasteiger partial charge in [0.15, 0.2) is 0 Å². The molecule has 0 saturated carbocycles. The number of rotatable bonds is 12. The molecule has 2 N–H and O–H groups in total. The van der Waals surface area contributed by atoms with E-state index in [0.29, 0.717) is 48.1 Å². The third-order valence-electron chi connectivity index (χ3n) is 10.1. The Labute approximate surface area is 305 Å². The second-order valence-corrected chi connectivity index (χ2v) is 14.4. The first-order chi connectivity index (χ1) is 25.0. The number of alkyl halides is 3. The highest BCUT2D eigenvalue weighted by atomic mass is 19.4. The van der Waals surface area contributed by atoms with Crippen molar-refractivity contribution in [1.29, 1.82) is 0 Å². The minimum absolute atomic E-state index is 0.0106.